The van der Waals surface area contributed by atoms with Crippen LogP contribution < -0.4 is 4.90 Å². The Kier molecular flexibility index (Phi) is 7.60. The number of rotatable bonds is 7. The van der Waals surface area contributed by atoms with E-state index < -0.39 is 18.1 Å². The van der Waals surface area contributed by atoms with Gasteiger partial charge in [-0.25, -0.2) is 9.74 Å². The van der Waals surface area contributed by atoms with Crippen LogP contribution in [0.3, 0.4) is 0 Å². The quantitative estimate of drug-likeness (QED) is 0.565. The summed E-state index contributed by atoms with van der Waals surface area (Å²) >= 11 is 0. The maximum absolute atomic E-state index is 11.6. The van der Waals surface area contributed by atoms with E-state index in [2.05, 4.69) is 0 Å². The van der Waals surface area contributed by atoms with E-state index in [4.69, 9.17) is 4.84 Å². The van der Waals surface area contributed by atoms with Crippen LogP contribution in [0.4, 0.5) is 5.69 Å². The summed E-state index contributed by atoms with van der Waals surface area (Å²) in [5, 5.41) is 10.4. The summed E-state index contributed by atoms with van der Waals surface area (Å²) in [7, 11) is 0. The second kappa shape index (κ2) is 9.91. The average Bonchev–Trinajstić information content (AvgIpc) is 3.19. The zero-order chi connectivity index (χ0) is 20.7. The monoisotopic (exact) mass is 388 g/mol. The molecule has 0 saturated carbocycles. The number of imide groups is 2. The highest BCUT2D eigenvalue weighted by molar-refractivity contribution is 6.28. The van der Waals surface area contributed by atoms with E-state index in [1.54, 1.807) is 24.3 Å². The number of aliphatic hydroxyl groups is 1. The van der Waals surface area contributed by atoms with Gasteiger partial charge in [-0.3, -0.25) is 19.2 Å². The molecule has 2 aliphatic heterocycles. The van der Waals surface area contributed by atoms with Crippen molar-refractivity contribution in [3.05, 3.63) is 42.0 Å². The fourth-order valence-electron chi connectivity index (χ4n) is 2.80. The van der Waals surface area contributed by atoms with Crippen LogP contribution in [0.25, 0.3) is 0 Å². The fraction of sp³-hybridized carbons (Fsp3) is 0.400. The number of aliphatic hydroxyl groups excluding tert-OH is 1. The molecule has 28 heavy (non-hydrogen) atoms. The number of hydrogen-bond acceptors (Lipinski definition) is 6. The number of hydroxylamine groups is 2. The number of benzene rings is 1. The summed E-state index contributed by atoms with van der Waals surface area (Å²) in [6, 6.07) is 6.98. The Balaban J connectivity index is 0.00000136. The van der Waals surface area contributed by atoms with Crippen molar-refractivity contribution in [3.8, 4) is 0 Å². The minimum Gasteiger partial charge on any atom is -0.366 e. The molecule has 2 aliphatic rings. The smallest absolute Gasteiger partial charge is 0.258 e. The second-order valence-corrected chi connectivity index (χ2v) is 6.05. The number of nitrogens with zero attached hydrogens (tertiary/aromatic N) is 2. The summed E-state index contributed by atoms with van der Waals surface area (Å²) < 4.78 is 0. The maximum Gasteiger partial charge on any atom is 0.258 e. The van der Waals surface area contributed by atoms with Crippen molar-refractivity contribution in [2.75, 3.05) is 4.90 Å². The highest BCUT2D eigenvalue weighted by Crippen LogP contribution is 2.21. The van der Waals surface area contributed by atoms with E-state index in [0.29, 0.717) is 23.6 Å². The van der Waals surface area contributed by atoms with Crippen LogP contribution >= 0.6 is 0 Å². The van der Waals surface area contributed by atoms with Gasteiger partial charge in [0.25, 0.3) is 23.6 Å². The first-order valence-electron chi connectivity index (χ1n) is 9.31. The van der Waals surface area contributed by atoms with E-state index in [0.717, 1.165) is 10.5 Å². The van der Waals surface area contributed by atoms with E-state index in [1.165, 1.54) is 12.2 Å². The molecule has 0 spiro atoms. The molecule has 1 N–H and O–H groups in total. The zero-order valence-electron chi connectivity index (χ0n) is 16.0. The Morgan fingerprint density at radius 2 is 1.50 bits per heavy atom. The summed E-state index contributed by atoms with van der Waals surface area (Å²) in [5.74, 6) is -1.61. The first kappa shape index (κ1) is 21.5. The van der Waals surface area contributed by atoms with Crippen molar-refractivity contribution in [1.29, 1.82) is 0 Å². The van der Waals surface area contributed by atoms with Crippen LogP contribution in [-0.4, -0.2) is 40.1 Å². The van der Waals surface area contributed by atoms with Gasteiger partial charge in [-0.05, 0) is 30.5 Å². The van der Waals surface area contributed by atoms with Gasteiger partial charge in [-0.15, -0.1) is 0 Å². The lowest BCUT2D eigenvalue weighted by Gasteiger charge is -2.18. The van der Waals surface area contributed by atoms with Crippen LogP contribution in [0.15, 0.2) is 36.4 Å². The van der Waals surface area contributed by atoms with Crippen molar-refractivity contribution in [2.45, 2.75) is 52.2 Å². The Labute approximate surface area is 163 Å². The van der Waals surface area contributed by atoms with Crippen LogP contribution in [0, 0.1) is 0 Å². The molecule has 1 aromatic rings. The SMILES string of the molecule is CC.O=C1CCC(=O)N1OC(O)CCCc1ccc(N2C(=O)C=CC2=O)cc1. The number of carbonyl (C=O) groups is 4. The Morgan fingerprint density at radius 1 is 0.964 bits per heavy atom. The van der Waals surface area contributed by atoms with Gasteiger partial charge >= 0.3 is 0 Å². The molecule has 0 aromatic heterocycles. The predicted octanol–water partition coefficient (Wildman–Crippen LogP) is 1.86. The topological polar surface area (TPSA) is 104 Å². The summed E-state index contributed by atoms with van der Waals surface area (Å²) in [6.07, 6.45) is 2.89. The normalized spacial score (nSPS) is 17.2. The van der Waals surface area contributed by atoms with Gasteiger partial charge < -0.3 is 5.11 Å². The van der Waals surface area contributed by atoms with Gasteiger partial charge in [0.2, 0.25) is 0 Å². The molecule has 2 heterocycles. The Bertz CT molecular complexity index is 737. The van der Waals surface area contributed by atoms with Crippen molar-refractivity contribution < 1.29 is 29.1 Å². The molecule has 1 unspecified atom stereocenters. The third-order valence-electron chi connectivity index (χ3n) is 4.15. The van der Waals surface area contributed by atoms with Gasteiger partial charge in [0.05, 0.1) is 5.69 Å². The molecule has 150 valence electrons. The minimum absolute atomic E-state index is 0.107. The van der Waals surface area contributed by atoms with Gasteiger partial charge in [0, 0.05) is 31.4 Å². The molecule has 0 aliphatic carbocycles. The highest BCUT2D eigenvalue weighted by Gasteiger charge is 2.32. The third-order valence-corrected chi connectivity index (χ3v) is 4.15. The molecule has 3 rings (SSSR count). The Morgan fingerprint density at radius 3 is 2.04 bits per heavy atom. The number of amides is 4. The second-order valence-electron chi connectivity index (χ2n) is 6.05. The van der Waals surface area contributed by atoms with Crippen LogP contribution in [-0.2, 0) is 30.4 Å². The molecule has 1 fully saturated rings. The van der Waals surface area contributed by atoms with E-state index in [9.17, 15) is 24.3 Å². The zero-order valence-corrected chi connectivity index (χ0v) is 16.0. The van der Waals surface area contributed by atoms with Crippen molar-refractivity contribution in [3.63, 3.8) is 0 Å². The van der Waals surface area contributed by atoms with E-state index in [-0.39, 0.29) is 31.1 Å². The number of anilines is 1. The summed E-state index contributed by atoms with van der Waals surface area (Å²) in [6.45, 7) is 4.00. The third kappa shape index (κ3) is 5.11. The van der Waals surface area contributed by atoms with E-state index >= 15 is 0 Å². The van der Waals surface area contributed by atoms with Crippen LogP contribution in [0.2, 0.25) is 0 Å². The molecule has 0 bridgehead atoms. The fourth-order valence-corrected chi connectivity index (χ4v) is 2.80. The average molecular weight is 388 g/mol. The van der Waals surface area contributed by atoms with Crippen LogP contribution in [0.5, 0.6) is 0 Å². The minimum atomic E-state index is -1.23. The molecule has 1 aromatic carbocycles. The summed E-state index contributed by atoms with van der Waals surface area (Å²) in [5.41, 5.74) is 1.46. The first-order chi connectivity index (χ1) is 13.5. The lowest BCUT2D eigenvalue weighted by Crippen LogP contribution is -2.34. The molecular formula is C20H24N2O6. The van der Waals surface area contributed by atoms with E-state index in [1.807, 2.05) is 13.8 Å². The molecule has 8 nitrogen and oxygen atoms in total. The maximum atomic E-state index is 11.6. The van der Waals surface area contributed by atoms with Crippen molar-refractivity contribution >= 4 is 29.3 Å². The molecule has 4 amide bonds. The predicted molar refractivity (Wildman–Crippen MR) is 101 cm³/mol. The largest absolute Gasteiger partial charge is 0.366 e. The highest BCUT2D eigenvalue weighted by atomic mass is 16.8. The summed E-state index contributed by atoms with van der Waals surface area (Å²) in [4.78, 5) is 52.2. The van der Waals surface area contributed by atoms with Gasteiger partial charge in [0.15, 0.2) is 6.29 Å². The van der Waals surface area contributed by atoms with Gasteiger partial charge in [-0.1, -0.05) is 26.0 Å². The molecule has 1 atom stereocenters. The molecule has 0 radical (unpaired) electrons. The van der Waals surface area contributed by atoms with Crippen molar-refractivity contribution in [1.82, 2.24) is 5.06 Å². The first-order valence-corrected chi connectivity index (χ1v) is 9.31. The number of aryl methyl sites for hydroxylation is 1. The standard InChI is InChI=1S/C18H18N2O6.C2H6/c21-14-8-9-15(22)19(14)13-6-4-12(5-7-13)2-1-3-18(25)26-20-16(23)10-11-17(20)24;1-2/h4-9,18,25H,1-3,10-11H2;1-2H3. The van der Waals surface area contributed by atoms with Crippen molar-refractivity contribution in [2.24, 2.45) is 0 Å². The lowest BCUT2D eigenvalue weighted by atomic mass is 10.1. The Hall–Kier alpha value is -2.84. The van der Waals surface area contributed by atoms with Gasteiger partial charge in [0.1, 0.15) is 0 Å². The molecule has 1 saturated heterocycles. The molecular weight excluding hydrogens is 364 g/mol. The lowest BCUT2D eigenvalue weighted by molar-refractivity contribution is -0.245. The molecule has 8 heteroatoms. The van der Waals surface area contributed by atoms with Gasteiger partial charge in [-0.2, -0.15) is 5.06 Å². The van der Waals surface area contributed by atoms with Crippen LogP contribution in [0.1, 0.15) is 45.1 Å². The number of carbonyl (C=O) groups excluding carboxylic acids is 4. The number of hydrogen-bond donors (Lipinski definition) is 1.